The van der Waals surface area contributed by atoms with Crippen LogP contribution in [-0.2, 0) is 12.5 Å². The van der Waals surface area contributed by atoms with Gasteiger partial charge in [-0.3, -0.25) is 0 Å². The fourth-order valence-corrected chi connectivity index (χ4v) is 5.10. The SMILES string of the molecule is CCCCCc1ccc(-c2cc(F)c(-c3ccc(-c4cc(F)c(C(F)(F)Oc5cc(F)c(F)c(F)c5)c(F)c4)cc3)c(F)c2)cc1. The van der Waals surface area contributed by atoms with Gasteiger partial charge in [0.2, 0.25) is 0 Å². The number of ether oxygens (including phenoxy) is 1. The number of hydrogen-bond donors (Lipinski definition) is 0. The molecule has 0 amide bonds. The minimum absolute atomic E-state index is 0.101. The Morgan fingerprint density at radius 2 is 0.978 bits per heavy atom. The van der Waals surface area contributed by atoms with Crippen LogP contribution in [0.4, 0.5) is 39.5 Å². The van der Waals surface area contributed by atoms with Gasteiger partial charge in [-0.1, -0.05) is 68.3 Å². The molecule has 5 aromatic rings. The smallest absolute Gasteiger partial charge is 0.429 e. The van der Waals surface area contributed by atoms with Gasteiger partial charge in [0.15, 0.2) is 17.5 Å². The summed E-state index contributed by atoms with van der Waals surface area (Å²) in [6, 6.07) is 16.4. The molecular formula is C36H25F9O. The summed E-state index contributed by atoms with van der Waals surface area (Å²) < 4.78 is 133. The standard InChI is InChI=1S/C36H25F9O/c1-2-3-4-5-20-6-8-21(9-7-20)24-14-27(37)33(28(38)15-24)23-12-10-22(11-13-23)25-16-29(39)34(30(40)17-25)36(44,45)46-26-18-31(41)35(43)32(42)19-26/h6-19H,2-5H2,1H3. The van der Waals surface area contributed by atoms with Crippen LogP contribution in [0.2, 0.25) is 0 Å². The molecule has 0 bridgehead atoms. The van der Waals surface area contributed by atoms with Crippen molar-refractivity contribution in [1.29, 1.82) is 0 Å². The molecule has 1 nitrogen and oxygen atoms in total. The summed E-state index contributed by atoms with van der Waals surface area (Å²) in [5, 5.41) is 0. The lowest BCUT2D eigenvalue weighted by Gasteiger charge is -2.20. The van der Waals surface area contributed by atoms with Crippen LogP contribution in [0, 0.1) is 40.7 Å². The van der Waals surface area contributed by atoms with Gasteiger partial charge in [-0.05, 0) is 70.5 Å². The Balaban J connectivity index is 1.37. The van der Waals surface area contributed by atoms with Crippen LogP contribution < -0.4 is 4.74 Å². The second-order valence-electron chi connectivity index (χ2n) is 10.7. The van der Waals surface area contributed by atoms with E-state index >= 15 is 8.78 Å². The average molecular weight is 645 g/mol. The van der Waals surface area contributed by atoms with Gasteiger partial charge in [0, 0.05) is 12.1 Å². The molecule has 0 aliphatic rings. The van der Waals surface area contributed by atoms with Crippen molar-refractivity contribution < 1.29 is 44.3 Å². The van der Waals surface area contributed by atoms with E-state index in [0.29, 0.717) is 23.3 Å². The normalized spacial score (nSPS) is 11.6. The van der Waals surface area contributed by atoms with Gasteiger partial charge in [0.1, 0.15) is 34.6 Å². The molecule has 0 N–H and O–H groups in total. The highest BCUT2D eigenvalue weighted by Gasteiger charge is 2.41. The van der Waals surface area contributed by atoms with E-state index in [4.69, 9.17) is 0 Å². The predicted molar refractivity (Wildman–Crippen MR) is 157 cm³/mol. The van der Waals surface area contributed by atoms with Crippen molar-refractivity contribution in [3.8, 4) is 39.1 Å². The Kier molecular flexibility index (Phi) is 9.46. The molecule has 10 heteroatoms. The third-order valence-electron chi connectivity index (χ3n) is 7.44. The number of rotatable bonds is 10. The lowest BCUT2D eigenvalue weighted by Crippen LogP contribution is -2.25. The zero-order valence-corrected chi connectivity index (χ0v) is 24.2. The first-order valence-electron chi connectivity index (χ1n) is 14.3. The summed E-state index contributed by atoms with van der Waals surface area (Å²) in [5.74, 6) is -12.0. The Hall–Kier alpha value is -4.73. The van der Waals surface area contributed by atoms with Gasteiger partial charge >= 0.3 is 6.11 Å². The molecule has 0 aliphatic heterocycles. The molecule has 0 spiro atoms. The van der Waals surface area contributed by atoms with Gasteiger partial charge in [-0.2, -0.15) is 8.78 Å². The molecule has 5 rings (SSSR count). The molecule has 5 aromatic carbocycles. The Morgan fingerprint density at radius 1 is 0.522 bits per heavy atom. The maximum atomic E-state index is 15.2. The quantitative estimate of drug-likeness (QED) is 0.0835. The fourth-order valence-electron chi connectivity index (χ4n) is 5.10. The van der Waals surface area contributed by atoms with E-state index in [2.05, 4.69) is 11.7 Å². The van der Waals surface area contributed by atoms with Crippen molar-refractivity contribution in [3.63, 3.8) is 0 Å². The molecule has 0 saturated carbocycles. The van der Waals surface area contributed by atoms with E-state index in [-0.39, 0.29) is 34.4 Å². The molecule has 0 atom stereocenters. The molecule has 0 radical (unpaired) electrons. The number of halogens is 9. The number of unbranched alkanes of at least 4 members (excludes halogenated alkanes) is 2. The van der Waals surface area contributed by atoms with Crippen LogP contribution in [0.5, 0.6) is 5.75 Å². The minimum atomic E-state index is -4.74. The van der Waals surface area contributed by atoms with E-state index in [0.717, 1.165) is 31.2 Å². The van der Waals surface area contributed by atoms with E-state index in [1.807, 2.05) is 12.1 Å². The van der Waals surface area contributed by atoms with Crippen molar-refractivity contribution in [2.24, 2.45) is 0 Å². The zero-order valence-electron chi connectivity index (χ0n) is 24.2. The van der Waals surface area contributed by atoms with Crippen LogP contribution in [0.3, 0.4) is 0 Å². The molecule has 238 valence electrons. The van der Waals surface area contributed by atoms with Gasteiger partial charge in [-0.25, -0.2) is 30.7 Å². The topological polar surface area (TPSA) is 9.23 Å². The van der Waals surface area contributed by atoms with E-state index in [9.17, 15) is 30.7 Å². The number of benzene rings is 5. The van der Waals surface area contributed by atoms with Crippen LogP contribution in [-0.4, -0.2) is 0 Å². The highest BCUT2D eigenvalue weighted by Crippen LogP contribution is 2.38. The van der Waals surface area contributed by atoms with Crippen molar-refractivity contribution in [2.75, 3.05) is 0 Å². The summed E-state index contributed by atoms with van der Waals surface area (Å²) >= 11 is 0. The lowest BCUT2D eigenvalue weighted by molar-refractivity contribution is -0.189. The molecule has 0 fully saturated rings. The number of aryl methyl sites for hydroxylation is 1. The first-order valence-corrected chi connectivity index (χ1v) is 14.3. The van der Waals surface area contributed by atoms with Crippen LogP contribution in [0.1, 0.15) is 37.3 Å². The van der Waals surface area contributed by atoms with Gasteiger partial charge < -0.3 is 4.74 Å². The Labute approximate surface area is 258 Å². The summed E-state index contributed by atoms with van der Waals surface area (Å²) in [5.41, 5.74) is -0.0298. The third kappa shape index (κ3) is 6.90. The van der Waals surface area contributed by atoms with Crippen molar-refractivity contribution in [2.45, 2.75) is 38.7 Å². The van der Waals surface area contributed by atoms with Gasteiger partial charge in [0.05, 0.1) is 5.56 Å². The fraction of sp³-hybridized carbons (Fsp3) is 0.167. The Bertz CT molecular complexity index is 1800. The summed E-state index contributed by atoms with van der Waals surface area (Å²) in [4.78, 5) is 0. The first-order chi connectivity index (χ1) is 21.9. The van der Waals surface area contributed by atoms with Gasteiger partial charge in [-0.15, -0.1) is 0 Å². The van der Waals surface area contributed by atoms with Crippen molar-refractivity contribution >= 4 is 0 Å². The van der Waals surface area contributed by atoms with Crippen LogP contribution in [0.15, 0.2) is 84.9 Å². The first kappa shape index (κ1) is 32.7. The van der Waals surface area contributed by atoms with E-state index in [1.54, 1.807) is 12.1 Å². The second-order valence-corrected chi connectivity index (χ2v) is 10.7. The predicted octanol–water partition coefficient (Wildman–Crippen LogP) is 11.5. The van der Waals surface area contributed by atoms with Crippen molar-refractivity contribution in [3.05, 3.63) is 137 Å². The molecule has 0 unspecified atom stereocenters. The van der Waals surface area contributed by atoms with E-state index < -0.39 is 58.1 Å². The van der Waals surface area contributed by atoms with Crippen LogP contribution in [0.25, 0.3) is 33.4 Å². The maximum absolute atomic E-state index is 15.2. The molecule has 0 saturated heterocycles. The molecule has 46 heavy (non-hydrogen) atoms. The van der Waals surface area contributed by atoms with E-state index in [1.165, 1.54) is 36.4 Å². The second kappa shape index (κ2) is 13.3. The van der Waals surface area contributed by atoms with Crippen molar-refractivity contribution in [1.82, 2.24) is 0 Å². The number of hydrogen-bond acceptors (Lipinski definition) is 1. The number of alkyl halides is 2. The van der Waals surface area contributed by atoms with Crippen LogP contribution >= 0.6 is 0 Å². The molecule has 0 aliphatic carbocycles. The third-order valence-corrected chi connectivity index (χ3v) is 7.44. The Morgan fingerprint density at radius 3 is 1.48 bits per heavy atom. The average Bonchev–Trinajstić information content (AvgIpc) is 2.99. The summed E-state index contributed by atoms with van der Waals surface area (Å²) in [7, 11) is 0. The largest absolute Gasteiger partial charge is 0.432 e. The monoisotopic (exact) mass is 644 g/mol. The minimum Gasteiger partial charge on any atom is -0.429 e. The summed E-state index contributed by atoms with van der Waals surface area (Å²) in [6.07, 6.45) is -0.561. The highest BCUT2D eigenvalue weighted by atomic mass is 19.3. The zero-order chi connectivity index (χ0) is 33.2. The lowest BCUT2D eigenvalue weighted by atomic mass is 9.96. The maximum Gasteiger partial charge on any atom is 0.432 e. The molecule has 0 aromatic heterocycles. The molecule has 0 heterocycles. The summed E-state index contributed by atoms with van der Waals surface area (Å²) in [6.45, 7) is 2.12. The van der Waals surface area contributed by atoms with Gasteiger partial charge in [0.25, 0.3) is 0 Å². The molecular weight excluding hydrogens is 619 g/mol. The highest BCUT2D eigenvalue weighted by molar-refractivity contribution is 5.74.